The number of methoxy groups -OCH3 is 1. The first kappa shape index (κ1) is 15.3. The van der Waals surface area contributed by atoms with Gasteiger partial charge in [0.1, 0.15) is 17.6 Å². The van der Waals surface area contributed by atoms with E-state index in [0.29, 0.717) is 29.1 Å². The molecule has 0 atom stereocenters. The molecule has 2 aromatic carbocycles. The van der Waals surface area contributed by atoms with Crippen molar-refractivity contribution in [2.75, 3.05) is 26.4 Å². The second kappa shape index (κ2) is 5.90. The summed E-state index contributed by atoms with van der Waals surface area (Å²) in [6.07, 6.45) is 0.802. The molecule has 0 saturated heterocycles. The Morgan fingerprint density at radius 2 is 2.04 bits per heavy atom. The van der Waals surface area contributed by atoms with Gasteiger partial charge in [-0.1, -0.05) is 0 Å². The number of nitrogens with two attached hydrogens (primary N) is 1. The summed E-state index contributed by atoms with van der Waals surface area (Å²) in [7, 11) is 3.57. The van der Waals surface area contributed by atoms with E-state index in [1.54, 1.807) is 19.2 Å². The van der Waals surface area contributed by atoms with Gasteiger partial charge in [0, 0.05) is 18.7 Å². The third-order valence-electron chi connectivity index (χ3n) is 4.34. The molecule has 4 nitrogen and oxygen atoms in total. The van der Waals surface area contributed by atoms with Crippen molar-refractivity contribution in [2.24, 2.45) is 0 Å². The number of ether oxygens (including phenoxy) is 1. The molecule has 0 spiro atoms. The van der Waals surface area contributed by atoms with E-state index in [1.807, 2.05) is 7.05 Å². The molecular weight excluding hydrogens is 293 g/mol. The van der Waals surface area contributed by atoms with Gasteiger partial charge in [-0.25, -0.2) is 4.39 Å². The molecule has 3 rings (SSSR count). The summed E-state index contributed by atoms with van der Waals surface area (Å²) in [5, 5.41) is 9.39. The summed E-state index contributed by atoms with van der Waals surface area (Å²) in [5.41, 5.74) is 10.6. The van der Waals surface area contributed by atoms with Gasteiger partial charge in [0.05, 0.1) is 18.4 Å². The predicted octanol–water partition coefficient (Wildman–Crippen LogP) is 2.94. The molecule has 1 aliphatic heterocycles. The predicted molar refractivity (Wildman–Crippen MR) is 87.6 cm³/mol. The molecule has 0 fully saturated rings. The van der Waals surface area contributed by atoms with Crippen molar-refractivity contribution in [1.29, 1.82) is 5.26 Å². The van der Waals surface area contributed by atoms with Crippen LogP contribution in [-0.2, 0) is 13.0 Å². The lowest BCUT2D eigenvalue weighted by Gasteiger charge is -2.29. The molecular formula is C18H18FN3O. The van der Waals surface area contributed by atoms with Gasteiger partial charge in [-0.2, -0.15) is 5.26 Å². The lowest BCUT2D eigenvalue weighted by atomic mass is 9.87. The monoisotopic (exact) mass is 311 g/mol. The van der Waals surface area contributed by atoms with Crippen LogP contribution in [0.3, 0.4) is 0 Å². The average molecular weight is 311 g/mol. The largest absolute Gasteiger partial charge is 0.496 e. The molecule has 0 aromatic heterocycles. The summed E-state index contributed by atoms with van der Waals surface area (Å²) < 4.78 is 19.2. The van der Waals surface area contributed by atoms with Crippen LogP contribution < -0.4 is 10.5 Å². The zero-order valence-corrected chi connectivity index (χ0v) is 13.2. The highest BCUT2D eigenvalue weighted by Gasteiger charge is 2.23. The van der Waals surface area contributed by atoms with Crippen LogP contribution in [0.25, 0.3) is 11.1 Å². The quantitative estimate of drug-likeness (QED) is 0.866. The van der Waals surface area contributed by atoms with Crippen LogP contribution in [0, 0.1) is 17.1 Å². The number of hydrogen-bond donors (Lipinski definition) is 1. The van der Waals surface area contributed by atoms with Crippen molar-refractivity contribution in [3.8, 4) is 22.9 Å². The third kappa shape index (κ3) is 2.62. The number of nitriles is 1. The fraction of sp³-hybridized carbons (Fsp3) is 0.278. The Kier molecular flexibility index (Phi) is 3.93. The Bertz CT molecular complexity index is 811. The number of hydrogen-bond acceptors (Lipinski definition) is 4. The smallest absolute Gasteiger partial charge is 0.126 e. The summed E-state index contributed by atoms with van der Waals surface area (Å²) >= 11 is 0. The second-order valence-corrected chi connectivity index (χ2v) is 5.79. The van der Waals surface area contributed by atoms with Gasteiger partial charge in [-0.15, -0.1) is 0 Å². The fourth-order valence-corrected chi connectivity index (χ4v) is 3.14. The van der Waals surface area contributed by atoms with E-state index in [0.717, 1.165) is 29.7 Å². The van der Waals surface area contributed by atoms with Gasteiger partial charge < -0.3 is 15.4 Å². The molecule has 0 bridgehead atoms. The topological polar surface area (TPSA) is 62.3 Å². The minimum atomic E-state index is -0.335. The van der Waals surface area contributed by atoms with E-state index in [4.69, 9.17) is 10.5 Å². The van der Waals surface area contributed by atoms with E-state index in [-0.39, 0.29) is 5.82 Å². The molecule has 118 valence electrons. The maximum atomic E-state index is 13.8. The highest BCUT2D eigenvalue weighted by Crippen LogP contribution is 2.39. The van der Waals surface area contributed by atoms with Gasteiger partial charge in [0.25, 0.3) is 0 Å². The summed E-state index contributed by atoms with van der Waals surface area (Å²) in [5.74, 6) is 0.249. The zero-order valence-electron chi connectivity index (χ0n) is 13.2. The first-order valence-corrected chi connectivity index (χ1v) is 7.42. The zero-order chi connectivity index (χ0) is 16.6. The Morgan fingerprint density at radius 1 is 1.26 bits per heavy atom. The number of anilines is 1. The van der Waals surface area contributed by atoms with Crippen LogP contribution in [0.1, 0.15) is 16.7 Å². The maximum Gasteiger partial charge on any atom is 0.126 e. The molecule has 2 aromatic rings. The van der Waals surface area contributed by atoms with Gasteiger partial charge in [-0.05, 0) is 54.4 Å². The number of rotatable bonds is 2. The molecule has 5 heteroatoms. The molecule has 0 saturated carbocycles. The van der Waals surface area contributed by atoms with E-state index < -0.39 is 0 Å². The van der Waals surface area contributed by atoms with E-state index in [1.165, 1.54) is 12.1 Å². The lowest BCUT2D eigenvalue weighted by molar-refractivity contribution is 0.314. The highest BCUT2D eigenvalue weighted by molar-refractivity contribution is 5.80. The van der Waals surface area contributed by atoms with Gasteiger partial charge in [0.2, 0.25) is 0 Å². The lowest BCUT2D eigenvalue weighted by Crippen LogP contribution is -2.28. The van der Waals surface area contributed by atoms with Crippen LogP contribution in [0.2, 0.25) is 0 Å². The normalized spacial score (nSPS) is 14.2. The number of nitrogen functional groups attached to an aromatic ring is 1. The summed E-state index contributed by atoms with van der Waals surface area (Å²) in [4.78, 5) is 2.16. The molecule has 1 aliphatic rings. The summed E-state index contributed by atoms with van der Waals surface area (Å²) in [6.45, 7) is 1.57. The Balaban J connectivity index is 2.31. The fourth-order valence-electron chi connectivity index (χ4n) is 3.14. The van der Waals surface area contributed by atoms with Crippen molar-refractivity contribution in [3.63, 3.8) is 0 Å². The first-order chi connectivity index (χ1) is 11.0. The second-order valence-electron chi connectivity index (χ2n) is 5.79. The van der Waals surface area contributed by atoms with Gasteiger partial charge in [-0.3, -0.25) is 0 Å². The van der Waals surface area contributed by atoms with E-state index >= 15 is 0 Å². The molecule has 0 amide bonds. The molecule has 23 heavy (non-hydrogen) atoms. The van der Waals surface area contributed by atoms with Crippen LogP contribution in [0.15, 0.2) is 24.3 Å². The summed E-state index contributed by atoms with van der Waals surface area (Å²) in [6, 6.07) is 8.31. The maximum absolute atomic E-state index is 13.8. The number of nitrogens with zero attached hydrogens (tertiary/aromatic N) is 2. The van der Waals surface area contributed by atoms with Crippen molar-refractivity contribution in [1.82, 2.24) is 4.90 Å². The standard InChI is InChI=1S/C18H18FN3O/c1-22-6-5-13-14(7-11(9-20)18(21)16(13)10-22)15-8-12(19)3-4-17(15)23-2/h3-4,7-8H,5-6,10,21H2,1-2H3. The number of halogens is 1. The third-order valence-corrected chi connectivity index (χ3v) is 4.34. The minimum Gasteiger partial charge on any atom is -0.496 e. The van der Waals surface area contributed by atoms with Crippen molar-refractivity contribution in [2.45, 2.75) is 13.0 Å². The van der Waals surface area contributed by atoms with Gasteiger partial charge in [0.15, 0.2) is 0 Å². The van der Waals surface area contributed by atoms with Crippen LogP contribution in [0.4, 0.5) is 10.1 Å². The van der Waals surface area contributed by atoms with E-state index in [9.17, 15) is 9.65 Å². The number of benzene rings is 2. The molecule has 0 aliphatic carbocycles. The Morgan fingerprint density at radius 3 is 2.74 bits per heavy atom. The molecule has 2 N–H and O–H groups in total. The van der Waals surface area contributed by atoms with Crippen LogP contribution in [-0.4, -0.2) is 25.6 Å². The van der Waals surface area contributed by atoms with Crippen molar-refractivity contribution in [3.05, 3.63) is 46.8 Å². The Labute approximate surface area is 134 Å². The van der Waals surface area contributed by atoms with Crippen molar-refractivity contribution < 1.29 is 9.13 Å². The van der Waals surface area contributed by atoms with Crippen LogP contribution >= 0.6 is 0 Å². The molecule has 1 heterocycles. The number of likely N-dealkylation sites (N-methyl/N-ethyl adjacent to an activating group) is 1. The molecule has 0 unspecified atom stereocenters. The number of fused-ring (bicyclic) bond motifs is 1. The SMILES string of the molecule is COc1ccc(F)cc1-c1cc(C#N)c(N)c2c1CCN(C)C2. The van der Waals surface area contributed by atoms with Gasteiger partial charge >= 0.3 is 0 Å². The van der Waals surface area contributed by atoms with Crippen LogP contribution in [0.5, 0.6) is 5.75 Å². The first-order valence-electron chi connectivity index (χ1n) is 7.42. The Hall–Kier alpha value is -2.58. The average Bonchev–Trinajstić information content (AvgIpc) is 2.55. The highest BCUT2D eigenvalue weighted by atomic mass is 19.1. The minimum absolute atomic E-state index is 0.335. The van der Waals surface area contributed by atoms with Crippen molar-refractivity contribution >= 4 is 5.69 Å². The molecule has 0 radical (unpaired) electrons. The van der Waals surface area contributed by atoms with E-state index in [2.05, 4.69) is 11.0 Å².